The van der Waals surface area contributed by atoms with Crippen LogP contribution >= 0.6 is 0 Å². The van der Waals surface area contributed by atoms with E-state index in [-0.39, 0.29) is 0 Å². The number of nitrogens with zero attached hydrogens (tertiary/aromatic N) is 2. The average Bonchev–Trinajstić information content (AvgIpc) is 3.39. The number of rotatable bonds is 6. The van der Waals surface area contributed by atoms with E-state index in [1.54, 1.807) is 0 Å². The number of hydrogen-bond acceptors (Lipinski definition) is 3. The van der Waals surface area contributed by atoms with Crippen LogP contribution in [-0.4, -0.2) is 10.8 Å². The van der Waals surface area contributed by atoms with Gasteiger partial charge in [-0.1, -0.05) is 140 Å². The van der Waals surface area contributed by atoms with Crippen molar-refractivity contribution in [3.8, 4) is 11.1 Å². The molecule has 210 valence electrons. The SMILES string of the molecule is NC(=NCc1ccc2c(c1)C(c1ccccc1)(c1ccccn1)c1ccccc1-2)c1ccccc1.NCc1ccccc1. The monoisotopic (exact) mass is 558 g/mol. The number of nitrogens with two attached hydrogens (primary N) is 2. The number of fused-ring (bicyclic) bond motifs is 3. The molecule has 4 nitrogen and oxygen atoms in total. The molecule has 7 rings (SSSR count). The van der Waals surface area contributed by atoms with E-state index in [4.69, 9.17) is 21.4 Å². The Morgan fingerprint density at radius 2 is 1.23 bits per heavy atom. The van der Waals surface area contributed by atoms with Gasteiger partial charge in [-0.25, -0.2) is 0 Å². The zero-order chi connectivity index (χ0) is 29.5. The van der Waals surface area contributed by atoms with E-state index >= 15 is 0 Å². The lowest BCUT2D eigenvalue weighted by atomic mass is 9.69. The summed E-state index contributed by atoms with van der Waals surface area (Å²) in [7, 11) is 0. The van der Waals surface area contributed by atoms with E-state index < -0.39 is 5.41 Å². The Bertz CT molecular complexity index is 1780. The third-order valence-electron chi connectivity index (χ3n) is 7.95. The van der Waals surface area contributed by atoms with Crippen molar-refractivity contribution in [1.29, 1.82) is 0 Å². The van der Waals surface area contributed by atoms with E-state index in [1.807, 2.05) is 72.9 Å². The molecule has 0 spiro atoms. The summed E-state index contributed by atoms with van der Waals surface area (Å²) in [6.45, 7) is 1.15. The van der Waals surface area contributed by atoms with Crippen molar-refractivity contribution in [2.24, 2.45) is 16.5 Å². The first-order valence-electron chi connectivity index (χ1n) is 14.5. The molecule has 1 aromatic heterocycles. The molecule has 1 heterocycles. The van der Waals surface area contributed by atoms with E-state index in [0.29, 0.717) is 18.9 Å². The van der Waals surface area contributed by atoms with Crippen molar-refractivity contribution in [2.45, 2.75) is 18.5 Å². The lowest BCUT2D eigenvalue weighted by Crippen LogP contribution is -2.29. The summed E-state index contributed by atoms with van der Waals surface area (Å²) < 4.78 is 0. The second-order valence-corrected chi connectivity index (χ2v) is 10.5. The minimum Gasteiger partial charge on any atom is -0.383 e. The third-order valence-corrected chi connectivity index (χ3v) is 7.95. The van der Waals surface area contributed by atoms with Gasteiger partial charge in [0.15, 0.2) is 0 Å². The predicted octanol–water partition coefficient (Wildman–Crippen LogP) is 7.50. The Morgan fingerprint density at radius 3 is 1.91 bits per heavy atom. The molecule has 0 amide bonds. The molecule has 1 atom stereocenters. The Kier molecular flexibility index (Phi) is 8.21. The largest absolute Gasteiger partial charge is 0.383 e. The molecule has 1 aliphatic rings. The molecule has 0 saturated carbocycles. The molecule has 5 aromatic carbocycles. The van der Waals surface area contributed by atoms with Crippen molar-refractivity contribution in [3.05, 3.63) is 197 Å². The molecule has 1 unspecified atom stereocenters. The molecule has 1 aliphatic carbocycles. The van der Waals surface area contributed by atoms with Gasteiger partial charge in [-0.3, -0.25) is 9.98 Å². The number of amidine groups is 1. The Balaban J connectivity index is 0.000000359. The van der Waals surface area contributed by atoms with E-state index in [2.05, 4.69) is 84.9 Å². The van der Waals surface area contributed by atoms with E-state index in [1.165, 1.54) is 33.4 Å². The first-order valence-corrected chi connectivity index (χ1v) is 14.5. The fraction of sp³-hybridized carbons (Fsp3) is 0.0769. The van der Waals surface area contributed by atoms with Crippen LogP contribution in [0.3, 0.4) is 0 Å². The summed E-state index contributed by atoms with van der Waals surface area (Å²) in [6, 6.07) is 52.1. The van der Waals surface area contributed by atoms with Crippen LogP contribution in [0.4, 0.5) is 0 Å². The summed E-state index contributed by atoms with van der Waals surface area (Å²) in [5, 5.41) is 0. The molecular formula is C39H34N4. The summed E-state index contributed by atoms with van der Waals surface area (Å²) in [5.74, 6) is 0.549. The van der Waals surface area contributed by atoms with Gasteiger partial charge in [-0.2, -0.15) is 0 Å². The number of aromatic nitrogens is 1. The maximum absolute atomic E-state index is 6.30. The molecule has 0 aliphatic heterocycles. The molecular weight excluding hydrogens is 524 g/mol. The van der Waals surface area contributed by atoms with E-state index in [9.17, 15) is 0 Å². The minimum atomic E-state index is -0.501. The van der Waals surface area contributed by atoms with Crippen LogP contribution in [0.15, 0.2) is 163 Å². The van der Waals surface area contributed by atoms with Crippen LogP contribution in [0.25, 0.3) is 11.1 Å². The molecule has 6 aromatic rings. The van der Waals surface area contributed by atoms with Crippen molar-refractivity contribution < 1.29 is 0 Å². The Morgan fingerprint density at radius 1 is 0.605 bits per heavy atom. The maximum Gasteiger partial charge on any atom is 0.125 e. The smallest absolute Gasteiger partial charge is 0.125 e. The summed E-state index contributed by atoms with van der Waals surface area (Å²) in [6.07, 6.45) is 1.88. The highest BCUT2D eigenvalue weighted by Crippen LogP contribution is 2.55. The first kappa shape index (κ1) is 27.8. The normalized spacial score (nSPS) is 15.1. The quantitative estimate of drug-likeness (QED) is 0.164. The Hall–Kier alpha value is -5.32. The van der Waals surface area contributed by atoms with Gasteiger partial charge in [-0.05, 0) is 51.1 Å². The lowest BCUT2D eigenvalue weighted by molar-refractivity contribution is 0.733. The van der Waals surface area contributed by atoms with Crippen LogP contribution in [0, 0.1) is 0 Å². The van der Waals surface area contributed by atoms with Crippen LogP contribution in [-0.2, 0) is 18.5 Å². The highest BCUT2D eigenvalue weighted by Gasteiger charge is 2.47. The van der Waals surface area contributed by atoms with Crippen LogP contribution in [0.2, 0.25) is 0 Å². The second kappa shape index (κ2) is 12.7. The molecule has 4 heteroatoms. The summed E-state index contributed by atoms with van der Waals surface area (Å²) in [4.78, 5) is 9.61. The predicted molar refractivity (Wildman–Crippen MR) is 177 cm³/mol. The van der Waals surface area contributed by atoms with Gasteiger partial charge in [0.2, 0.25) is 0 Å². The maximum atomic E-state index is 6.30. The van der Waals surface area contributed by atoms with Gasteiger partial charge >= 0.3 is 0 Å². The van der Waals surface area contributed by atoms with Gasteiger partial charge < -0.3 is 11.5 Å². The zero-order valence-corrected chi connectivity index (χ0v) is 24.0. The number of aliphatic imine (C=N–C) groups is 1. The summed E-state index contributed by atoms with van der Waals surface area (Å²) in [5.41, 5.74) is 21.6. The van der Waals surface area contributed by atoms with Crippen molar-refractivity contribution in [1.82, 2.24) is 4.98 Å². The van der Waals surface area contributed by atoms with Gasteiger partial charge in [0, 0.05) is 18.3 Å². The highest BCUT2D eigenvalue weighted by molar-refractivity contribution is 5.97. The molecule has 43 heavy (non-hydrogen) atoms. The van der Waals surface area contributed by atoms with E-state index in [0.717, 1.165) is 16.8 Å². The Labute approximate surface area is 253 Å². The van der Waals surface area contributed by atoms with Gasteiger partial charge in [0.05, 0.1) is 17.7 Å². The van der Waals surface area contributed by atoms with Crippen LogP contribution in [0.5, 0.6) is 0 Å². The third kappa shape index (κ3) is 5.49. The second-order valence-electron chi connectivity index (χ2n) is 10.5. The van der Waals surface area contributed by atoms with Gasteiger partial charge in [0.25, 0.3) is 0 Å². The molecule has 0 saturated heterocycles. The fourth-order valence-corrected chi connectivity index (χ4v) is 5.92. The minimum absolute atomic E-state index is 0.501. The summed E-state index contributed by atoms with van der Waals surface area (Å²) >= 11 is 0. The number of hydrogen-bond donors (Lipinski definition) is 2. The first-order chi connectivity index (χ1) is 21.2. The average molecular weight is 559 g/mol. The number of benzene rings is 5. The van der Waals surface area contributed by atoms with Gasteiger partial charge in [0.1, 0.15) is 5.84 Å². The number of pyridine rings is 1. The fourth-order valence-electron chi connectivity index (χ4n) is 5.92. The molecule has 0 radical (unpaired) electrons. The molecule has 0 bridgehead atoms. The standard InChI is InChI=1S/C32H25N3.C7H9N/c33-31(24-11-3-1-4-12-24)35-22-23-18-19-27-26-15-7-8-16-28(26)32(29(27)21-23,25-13-5-2-6-14-25)30-17-9-10-20-34-30;8-6-7-4-2-1-3-5-7/h1-21H,22H2,(H2,33,35);1-5H,6,8H2. The van der Waals surface area contributed by atoms with Crippen LogP contribution < -0.4 is 11.5 Å². The molecule has 0 fully saturated rings. The zero-order valence-electron chi connectivity index (χ0n) is 24.0. The molecule has 4 N–H and O–H groups in total. The lowest BCUT2D eigenvalue weighted by Gasteiger charge is -2.32. The van der Waals surface area contributed by atoms with Crippen molar-refractivity contribution >= 4 is 5.84 Å². The van der Waals surface area contributed by atoms with Crippen molar-refractivity contribution in [2.75, 3.05) is 0 Å². The topological polar surface area (TPSA) is 77.3 Å². The highest BCUT2D eigenvalue weighted by atomic mass is 14.8. The van der Waals surface area contributed by atoms with Gasteiger partial charge in [-0.15, -0.1) is 0 Å². The van der Waals surface area contributed by atoms with Crippen molar-refractivity contribution in [3.63, 3.8) is 0 Å². The van der Waals surface area contributed by atoms with Crippen LogP contribution in [0.1, 0.15) is 39.1 Å².